The maximum atomic E-state index is 12.0. The zero-order valence-corrected chi connectivity index (χ0v) is 11.2. The van der Waals surface area contributed by atoms with Crippen LogP contribution in [0.2, 0.25) is 0 Å². The Morgan fingerprint density at radius 1 is 1.14 bits per heavy atom. The molecule has 10 nitrogen and oxygen atoms in total. The van der Waals surface area contributed by atoms with Crippen molar-refractivity contribution in [1.82, 2.24) is 9.97 Å². The summed E-state index contributed by atoms with van der Waals surface area (Å²) >= 11 is 0. The van der Waals surface area contributed by atoms with Crippen LogP contribution in [0, 0.1) is 27.2 Å². The molecule has 0 aliphatic heterocycles. The number of benzene rings is 1. The van der Waals surface area contributed by atoms with E-state index in [1.54, 1.807) is 13.0 Å². The Morgan fingerprint density at radius 3 is 2.23 bits per heavy atom. The van der Waals surface area contributed by atoms with Crippen molar-refractivity contribution in [2.75, 3.05) is 5.32 Å². The molecule has 1 aromatic carbocycles. The van der Waals surface area contributed by atoms with Crippen LogP contribution in [-0.4, -0.2) is 25.7 Å². The Hall–Kier alpha value is -3.43. The summed E-state index contributed by atoms with van der Waals surface area (Å²) in [7, 11) is 0. The number of nitro benzene ring substituents is 2. The third-order valence-corrected chi connectivity index (χ3v) is 2.61. The predicted molar refractivity (Wildman–Crippen MR) is 74.5 cm³/mol. The number of nitrogens with one attached hydrogen (secondary N) is 1. The van der Waals surface area contributed by atoms with Crippen molar-refractivity contribution in [3.8, 4) is 0 Å². The molecular formula is C12H9N5O5. The molecule has 0 bridgehead atoms. The standard InChI is InChI=1S/C12H9N5O5/c1-7-2-3-13-12(14-7)15-11(18)8-4-9(16(19)20)6-10(5-8)17(21)22/h2-6H,1H3,(H,13,14,15,18). The van der Waals surface area contributed by atoms with E-state index >= 15 is 0 Å². The van der Waals surface area contributed by atoms with Gasteiger partial charge in [-0.1, -0.05) is 0 Å². The van der Waals surface area contributed by atoms with Gasteiger partial charge in [0.15, 0.2) is 0 Å². The molecule has 1 amide bonds. The molecule has 0 saturated heterocycles. The lowest BCUT2D eigenvalue weighted by atomic mass is 10.1. The predicted octanol–water partition coefficient (Wildman–Crippen LogP) is 1.85. The number of carbonyl (C=O) groups excluding carboxylic acids is 1. The summed E-state index contributed by atoms with van der Waals surface area (Å²) < 4.78 is 0. The molecule has 2 aromatic rings. The number of anilines is 1. The minimum atomic E-state index is -0.813. The lowest BCUT2D eigenvalue weighted by molar-refractivity contribution is -0.394. The fourth-order valence-electron chi connectivity index (χ4n) is 1.62. The first-order valence-electron chi connectivity index (χ1n) is 5.91. The number of rotatable bonds is 4. The van der Waals surface area contributed by atoms with E-state index in [1.807, 2.05) is 0 Å². The molecule has 0 saturated carbocycles. The van der Waals surface area contributed by atoms with Crippen LogP contribution in [0.3, 0.4) is 0 Å². The van der Waals surface area contributed by atoms with Gasteiger partial charge in [0.2, 0.25) is 5.95 Å². The summed E-state index contributed by atoms with van der Waals surface area (Å²) in [5.41, 5.74) is -0.727. The number of nitro groups is 2. The SMILES string of the molecule is Cc1ccnc(NC(=O)c2cc([N+](=O)[O-])cc([N+](=O)[O-])c2)n1. The molecule has 1 N–H and O–H groups in total. The van der Waals surface area contributed by atoms with Gasteiger partial charge in [-0.25, -0.2) is 9.97 Å². The number of hydrogen-bond acceptors (Lipinski definition) is 7. The van der Waals surface area contributed by atoms with E-state index in [2.05, 4.69) is 15.3 Å². The molecular weight excluding hydrogens is 294 g/mol. The summed E-state index contributed by atoms with van der Waals surface area (Å²) in [5.74, 6) is -0.781. The minimum Gasteiger partial charge on any atom is -0.290 e. The van der Waals surface area contributed by atoms with Crippen LogP contribution in [0.4, 0.5) is 17.3 Å². The Kier molecular flexibility index (Phi) is 4.02. The Morgan fingerprint density at radius 2 is 1.73 bits per heavy atom. The van der Waals surface area contributed by atoms with E-state index in [4.69, 9.17) is 0 Å². The van der Waals surface area contributed by atoms with Crippen molar-refractivity contribution < 1.29 is 14.6 Å². The molecule has 0 atom stereocenters. The van der Waals surface area contributed by atoms with E-state index in [-0.39, 0.29) is 11.5 Å². The van der Waals surface area contributed by atoms with Crippen molar-refractivity contribution >= 4 is 23.2 Å². The van der Waals surface area contributed by atoms with Crippen LogP contribution < -0.4 is 5.32 Å². The Bertz CT molecular complexity index is 744. The highest BCUT2D eigenvalue weighted by atomic mass is 16.6. The van der Waals surface area contributed by atoms with E-state index in [0.717, 1.165) is 18.2 Å². The zero-order valence-electron chi connectivity index (χ0n) is 11.2. The zero-order chi connectivity index (χ0) is 16.3. The highest BCUT2D eigenvalue weighted by Crippen LogP contribution is 2.23. The average Bonchev–Trinajstić information content (AvgIpc) is 2.46. The van der Waals surface area contributed by atoms with Gasteiger partial charge in [-0.2, -0.15) is 0 Å². The van der Waals surface area contributed by atoms with Crippen LogP contribution in [-0.2, 0) is 0 Å². The molecule has 112 valence electrons. The second-order valence-electron chi connectivity index (χ2n) is 4.23. The molecule has 0 radical (unpaired) electrons. The molecule has 10 heteroatoms. The summed E-state index contributed by atoms with van der Waals surface area (Å²) in [4.78, 5) is 39.7. The fraction of sp³-hybridized carbons (Fsp3) is 0.0833. The van der Waals surface area contributed by atoms with Gasteiger partial charge < -0.3 is 0 Å². The molecule has 2 rings (SSSR count). The van der Waals surface area contributed by atoms with Crippen molar-refractivity contribution in [2.45, 2.75) is 6.92 Å². The van der Waals surface area contributed by atoms with Gasteiger partial charge in [-0.3, -0.25) is 30.3 Å². The third-order valence-electron chi connectivity index (χ3n) is 2.61. The Labute approximate surface area is 123 Å². The number of aromatic nitrogens is 2. The normalized spacial score (nSPS) is 10.0. The van der Waals surface area contributed by atoms with Gasteiger partial charge in [-0.15, -0.1) is 0 Å². The van der Waals surface area contributed by atoms with E-state index in [9.17, 15) is 25.0 Å². The van der Waals surface area contributed by atoms with Crippen molar-refractivity contribution in [2.24, 2.45) is 0 Å². The summed E-state index contributed by atoms with van der Waals surface area (Å²) in [6.07, 6.45) is 1.42. The summed E-state index contributed by atoms with van der Waals surface area (Å²) in [5, 5.41) is 23.9. The summed E-state index contributed by atoms with van der Waals surface area (Å²) in [6.45, 7) is 1.69. The van der Waals surface area contributed by atoms with E-state index < -0.39 is 27.1 Å². The van der Waals surface area contributed by atoms with Crippen molar-refractivity contribution in [3.05, 3.63) is 61.9 Å². The molecule has 22 heavy (non-hydrogen) atoms. The maximum absolute atomic E-state index is 12.0. The van der Waals surface area contributed by atoms with Gasteiger partial charge in [0.25, 0.3) is 17.3 Å². The number of carbonyl (C=O) groups is 1. The quantitative estimate of drug-likeness (QED) is 0.670. The first-order chi connectivity index (χ1) is 10.4. The van der Waals surface area contributed by atoms with Crippen LogP contribution in [0.5, 0.6) is 0 Å². The second kappa shape index (κ2) is 5.91. The molecule has 1 heterocycles. The number of aryl methyl sites for hydroxylation is 1. The topological polar surface area (TPSA) is 141 Å². The second-order valence-corrected chi connectivity index (χ2v) is 4.23. The average molecular weight is 303 g/mol. The highest BCUT2D eigenvalue weighted by molar-refractivity contribution is 6.04. The third kappa shape index (κ3) is 3.36. The minimum absolute atomic E-state index is 0.000779. The molecule has 0 spiro atoms. The number of non-ortho nitro benzene ring substituents is 2. The maximum Gasteiger partial charge on any atom is 0.277 e. The number of hydrogen-bond donors (Lipinski definition) is 1. The first-order valence-corrected chi connectivity index (χ1v) is 5.91. The highest BCUT2D eigenvalue weighted by Gasteiger charge is 2.20. The van der Waals surface area contributed by atoms with Crippen molar-refractivity contribution in [3.63, 3.8) is 0 Å². The lowest BCUT2D eigenvalue weighted by Crippen LogP contribution is -2.15. The van der Waals surface area contributed by atoms with Gasteiger partial charge >= 0.3 is 0 Å². The van der Waals surface area contributed by atoms with Crippen LogP contribution >= 0.6 is 0 Å². The first kappa shape index (κ1) is 15.0. The van der Waals surface area contributed by atoms with Crippen molar-refractivity contribution in [1.29, 1.82) is 0 Å². The van der Waals surface area contributed by atoms with Crippen LogP contribution in [0.15, 0.2) is 30.5 Å². The van der Waals surface area contributed by atoms with Crippen LogP contribution in [0.1, 0.15) is 16.1 Å². The lowest BCUT2D eigenvalue weighted by Gasteiger charge is -2.04. The molecule has 0 fully saturated rings. The summed E-state index contributed by atoms with van der Waals surface area (Å²) in [6, 6.07) is 4.28. The largest absolute Gasteiger partial charge is 0.290 e. The number of amides is 1. The Balaban J connectivity index is 2.36. The smallest absolute Gasteiger partial charge is 0.277 e. The van der Waals surface area contributed by atoms with Gasteiger partial charge in [-0.05, 0) is 13.0 Å². The monoisotopic (exact) mass is 303 g/mol. The van der Waals surface area contributed by atoms with E-state index in [1.165, 1.54) is 6.20 Å². The number of nitrogens with zero attached hydrogens (tertiary/aromatic N) is 4. The molecule has 0 aliphatic carbocycles. The molecule has 0 unspecified atom stereocenters. The van der Waals surface area contributed by atoms with E-state index in [0.29, 0.717) is 5.69 Å². The van der Waals surface area contributed by atoms with Gasteiger partial charge in [0.1, 0.15) is 0 Å². The molecule has 1 aromatic heterocycles. The molecule has 0 aliphatic rings. The van der Waals surface area contributed by atoms with Gasteiger partial charge in [0, 0.05) is 24.0 Å². The van der Waals surface area contributed by atoms with Gasteiger partial charge in [0.05, 0.1) is 21.5 Å². The van der Waals surface area contributed by atoms with Crippen LogP contribution in [0.25, 0.3) is 0 Å². The fourth-order valence-corrected chi connectivity index (χ4v) is 1.62.